The molecule has 0 spiro atoms. The second-order valence-corrected chi connectivity index (χ2v) is 4.67. The molecule has 1 rings (SSSR count). The number of amides is 1. The second-order valence-electron chi connectivity index (χ2n) is 4.67. The highest BCUT2D eigenvalue weighted by molar-refractivity contribution is 5.85. The van der Waals surface area contributed by atoms with E-state index in [1.54, 1.807) is 0 Å². The van der Waals surface area contributed by atoms with Crippen LogP contribution in [0.1, 0.15) is 37.3 Å². The number of benzene rings is 1. The van der Waals surface area contributed by atoms with Crippen LogP contribution >= 0.6 is 12.4 Å². The summed E-state index contributed by atoms with van der Waals surface area (Å²) in [6, 6.07) is 8.25. The molecule has 3 nitrogen and oxygen atoms in total. The van der Waals surface area contributed by atoms with Gasteiger partial charge in [0, 0.05) is 19.5 Å². The van der Waals surface area contributed by atoms with Crippen molar-refractivity contribution < 1.29 is 4.79 Å². The van der Waals surface area contributed by atoms with Gasteiger partial charge >= 0.3 is 0 Å². The van der Waals surface area contributed by atoms with Crippen LogP contribution in [0.15, 0.2) is 24.3 Å². The normalized spacial score (nSPS) is 11.5. The van der Waals surface area contributed by atoms with Crippen LogP contribution in [0.5, 0.6) is 0 Å². The largest absolute Gasteiger partial charge is 0.355 e. The molecule has 4 heteroatoms. The molecule has 0 radical (unpaired) electrons. The van der Waals surface area contributed by atoms with Gasteiger partial charge < -0.3 is 10.6 Å². The highest BCUT2D eigenvalue weighted by Crippen LogP contribution is 2.21. The topological polar surface area (TPSA) is 41.1 Å². The summed E-state index contributed by atoms with van der Waals surface area (Å²) < 4.78 is 0. The summed E-state index contributed by atoms with van der Waals surface area (Å²) in [5, 5.41) is 6.12. The van der Waals surface area contributed by atoms with Crippen LogP contribution in [0.3, 0.4) is 0 Å². The second kappa shape index (κ2) is 9.82. The van der Waals surface area contributed by atoms with E-state index in [-0.39, 0.29) is 24.2 Å². The van der Waals surface area contributed by atoms with E-state index < -0.39 is 0 Å². The fraction of sp³-hybridized carbons (Fsp3) is 0.533. The van der Waals surface area contributed by atoms with Crippen molar-refractivity contribution in [2.75, 3.05) is 19.6 Å². The van der Waals surface area contributed by atoms with Crippen LogP contribution in [0.25, 0.3) is 0 Å². The maximum Gasteiger partial charge on any atom is 0.220 e. The number of likely N-dealkylation sites (N-methyl/N-ethyl adjacent to an activating group) is 1. The van der Waals surface area contributed by atoms with Crippen LogP contribution < -0.4 is 10.6 Å². The third kappa shape index (κ3) is 6.60. The SMILES string of the molecule is CCNCCNC(=O)CC(C)c1ccccc1C.Cl. The number of halogens is 1. The Morgan fingerprint density at radius 2 is 1.95 bits per heavy atom. The lowest BCUT2D eigenvalue weighted by Crippen LogP contribution is -2.32. The Morgan fingerprint density at radius 3 is 2.58 bits per heavy atom. The molecular formula is C15H25ClN2O. The fourth-order valence-corrected chi connectivity index (χ4v) is 2.07. The first-order chi connectivity index (χ1) is 8.65. The van der Waals surface area contributed by atoms with Crippen molar-refractivity contribution in [3.05, 3.63) is 35.4 Å². The number of aryl methyl sites for hydroxylation is 1. The van der Waals surface area contributed by atoms with Crippen LogP contribution in [-0.2, 0) is 4.79 Å². The predicted molar refractivity (Wildman–Crippen MR) is 83.0 cm³/mol. The van der Waals surface area contributed by atoms with E-state index in [0.29, 0.717) is 13.0 Å². The Morgan fingerprint density at radius 1 is 1.26 bits per heavy atom. The van der Waals surface area contributed by atoms with Crippen LogP contribution in [0.4, 0.5) is 0 Å². The molecule has 1 aromatic carbocycles. The monoisotopic (exact) mass is 284 g/mol. The van der Waals surface area contributed by atoms with E-state index >= 15 is 0 Å². The van der Waals surface area contributed by atoms with Crippen molar-refractivity contribution in [1.82, 2.24) is 10.6 Å². The highest BCUT2D eigenvalue weighted by Gasteiger charge is 2.12. The van der Waals surface area contributed by atoms with Crippen molar-refractivity contribution in [1.29, 1.82) is 0 Å². The molecule has 0 bridgehead atoms. The molecule has 1 amide bonds. The molecule has 0 aromatic heterocycles. The van der Waals surface area contributed by atoms with Gasteiger partial charge in [-0.1, -0.05) is 38.1 Å². The fourth-order valence-electron chi connectivity index (χ4n) is 2.07. The lowest BCUT2D eigenvalue weighted by atomic mass is 9.93. The molecule has 0 heterocycles. The predicted octanol–water partition coefficient (Wildman–Crippen LogP) is 2.64. The van der Waals surface area contributed by atoms with Crippen LogP contribution in [0.2, 0.25) is 0 Å². The average molecular weight is 285 g/mol. The van der Waals surface area contributed by atoms with Gasteiger partial charge in [0.2, 0.25) is 5.91 Å². The standard InChI is InChI=1S/C15H24N2O.ClH/c1-4-16-9-10-17-15(18)11-13(3)14-8-6-5-7-12(14)2;/h5-8,13,16H,4,9-11H2,1-3H3,(H,17,18);1H. The number of carbonyl (C=O) groups excluding carboxylic acids is 1. The molecule has 1 atom stereocenters. The molecule has 0 aliphatic rings. The number of hydrogen-bond acceptors (Lipinski definition) is 2. The third-order valence-electron chi connectivity index (χ3n) is 3.08. The molecule has 108 valence electrons. The van der Waals surface area contributed by atoms with E-state index in [1.807, 2.05) is 12.1 Å². The zero-order chi connectivity index (χ0) is 13.4. The van der Waals surface area contributed by atoms with Gasteiger partial charge in [-0.2, -0.15) is 0 Å². The van der Waals surface area contributed by atoms with Gasteiger partial charge in [0.1, 0.15) is 0 Å². The Labute approximate surface area is 122 Å². The maximum absolute atomic E-state index is 11.8. The first-order valence-corrected chi connectivity index (χ1v) is 6.68. The average Bonchev–Trinajstić information content (AvgIpc) is 2.35. The molecular weight excluding hydrogens is 260 g/mol. The molecule has 0 saturated heterocycles. The van der Waals surface area contributed by atoms with Crippen LogP contribution in [0, 0.1) is 6.92 Å². The van der Waals surface area contributed by atoms with Crippen molar-refractivity contribution in [3.63, 3.8) is 0 Å². The molecule has 0 fully saturated rings. The maximum atomic E-state index is 11.8. The number of nitrogens with one attached hydrogen (secondary N) is 2. The zero-order valence-electron chi connectivity index (χ0n) is 12.0. The van der Waals surface area contributed by atoms with Gasteiger partial charge in [0.15, 0.2) is 0 Å². The Bertz CT molecular complexity index is 382. The van der Waals surface area contributed by atoms with E-state index in [1.165, 1.54) is 11.1 Å². The molecule has 1 unspecified atom stereocenters. The van der Waals surface area contributed by atoms with Gasteiger partial charge in [-0.3, -0.25) is 4.79 Å². The molecule has 1 aromatic rings. The summed E-state index contributed by atoms with van der Waals surface area (Å²) >= 11 is 0. The number of rotatable bonds is 7. The minimum atomic E-state index is 0. The first kappa shape index (κ1) is 17.9. The van der Waals surface area contributed by atoms with E-state index in [9.17, 15) is 4.79 Å². The number of hydrogen-bond donors (Lipinski definition) is 2. The minimum absolute atomic E-state index is 0. The number of carbonyl (C=O) groups is 1. The van der Waals surface area contributed by atoms with Gasteiger partial charge in [-0.05, 0) is 30.5 Å². The van der Waals surface area contributed by atoms with Crippen LogP contribution in [-0.4, -0.2) is 25.5 Å². The lowest BCUT2D eigenvalue weighted by Gasteiger charge is -2.14. The van der Waals surface area contributed by atoms with Gasteiger partial charge in [-0.25, -0.2) is 0 Å². The summed E-state index contributed by atoms with van der Waals surface area (Å²) in [5.41, 5.74) is 2.52. The summed E-state index contributed by atoms with van der Waals surface area (Å²) in [5.74, 6) is 0.397. The summed E-state index contributed by atoms with van der Waals surface area (Å²) in [6.45, 7) is 8.73. The van der Waals surface area contributed by atoms with E-state index in [4.69, 9.17) is 0 Å². The van der Waals surface area contributed by atoms with Crippen molar-refractivity contribution in [3.8, 4) is 0 Å². The molecule has 0 aliphatic carbocycles. The van der Waals surface area contributed by atoms with E-state index in [2.05, 4.69) is 43.5 Å². The lowest BCUT2D eigenvalue weighted by molar-refractivity contribution is -0.121. The quantitative estimate of drug-likeness (QED) is 0.756. The zero-order valence-corrected chi connectivity index (χ0v) is 12.8. The summed E-state index contributed by atoms with van der Waals surface area (Å²) in [4.78, 5) is 11.8. The highest BCUT2D eigenvalue weighted by atomic mass is 35.5. The third-order valence-corrected chi connectivity index (χ3v) is 3.08. The van der Waals surface area contributed by atoms with Crippen molar-refractivity contribution in [2.24, 2.45) is 0 Å². The minimum Gasteiger partial charge on any atom is -0.355 e. The molecule has 19 heavy (non-hydrogen) atoms. The van der Waals surface area contributed by atoms with Gasteiger partial charge in [0.25, 0.3) is 0 Å². The summed E-state index contributed by atoms with van der Waals surface area (Å²) in [7, 11) is 0. The molecule has 0 aliphatic heterocycles. The molecule has 0 saturated carbocycles. The van der Waals surface area contributed by atoms with Crippen molar-refractivity contribution in [2.45, 2.75) is 33.1 Å². The Kier molecular flexibility index (Phi) is 9.27. The Balaban J connectivity index is 0.00000324. The van der Waals surface area contributed by atoms with Gasteiger partial charge in [0.05, 0.1) is 0 Å². The summed E-state index contributed by atoms with van der Waals surface area (Å²) in [6.07, 6.45) is 0.553. The first-order valence-electron chi connectivity index (χ1n) is 6.68. The van der Waals surface area contributed by atoms with Crippen molar-refractivity contribution >= 4 is 18.3 Å². The molecule has 2 N–H and O–H groups in total. The van der Waals surface area contributed by atoms with E-state index in [0.717, 1.165) is 13.1 Å². The smallest absolute Gasteiger partial charge is 0.220 e. The van der Waals surface area contributed by atoms with Gasteiger partial charge in [-0.15, -0.1) is 12.4 Å². The Hall–Kier alpha value is -1.06.